The van der Waals surface area contributed by atoms with Crippen molar-refractivity contribution < 1.29 is 0 Å². The summed E-state index contributed by atoms with van der Waals surface area (Å²) < 4.78 is 0. The largest absolute Gasteiger partial charge is 0.312 e. The van der Waals surface area contributed by atoms with E-state index in [2.05, 4.69) is 38.0 Å². The van der Waals surface area contributed by atoms with E-state index in [9.17, 15) is 0 Å². The van der Waals surface area contributed by atoms with Crippen LogP contribution in [0.2, 0.25) is 0 Å². The van der Waals surface area contributed by atoms with E-state index in [0.717, 1.165) is 13.1 Å². The lowest BCUT2D eigenvalue weighted by Crippen LogP contribution is -2.16. The summed E-state index contributed by atoms with van der Waals surface area (Å²) in [5, 5.41) is 3.47. The Hall–Kier alpha value is -0.410. The number of thiazole rings is 1. The fourth-order valence-electron chi connectivity index (χ4n) is 1.44. The minimum atomic E-state index is 0.460. The van der Waals surface area contributed by atoms with Crippen molar-refractivity contribution in [3.05, 3.63) is 16.1 Å². The van der Waals surface area contributed by atoms with Crippen molar-refractivity contribution in [3.8, 4) is 0 Å². The molecule has 1 aromatic rings. The van der Waals surface area contributed by atoms with E-state index in [-0.39, 0.29) is 0 Å². The molecule has 2 nitrogen and oxygen atoms in total. The van der Waals surface area contributed by atoms with Crippen molar-refractivity contribution in [3.63, 3.8) is 0 Å². The molecule has 1 N–H and O–H groups in total. The Morgan fingerprint density at radius 1 is 1.40 bits per heavy atom. The molecule has 0 atom stereocenters. The number of hydrogen-bond donors (Lipinski definition) is 1. The maximum absolute atomic E-state index is 4.23. The normalized spacial score (nSPS) is 12.0. The summed E-state index contributed by atoms with van der Waals surface area (Å²) in [6.07, 6.45) is 2.53. The van der Waals surface area contributed by atoms with Gasteiger partial charge in [-0.15, -0.1) is 11.3 Å². The molecule has 0 spiro atoms. The van der Waals surface area contributed by atoms with E-state index >= 15 is 0 Å². The number of rotatable bonds is 5. The Morgan fingerprint density at radius 2 is 2.13 bits per heavy atom. The first-order chi connectivity index (χ1) is 6.99. The molecule has 0 saturated heterocycles. The Labute approximate surface area is 97.1 Å². The van der Waals surface area contributed by atoms with Crippen molar-refractivity contribution in [2.24, 2.45) is 5.41 Å². The van der Waals surface area contributed by atoms with Gasteiger partial charge in [0.15, 0.2) is 0 Å². The highest BCUT2D eigenvalue weighted by Gasteiger charge is 2.08. The van der Waals surface area contributed by atoms with Crippen molar-refractivity contribution in [2.75, 3.05) is 6.54 Å². The highest BCUT2D eigenvalue weighted by Crippen LogP contribution is 2.19. The number of hydrogen-bond acceptors (Lipinski definition) is 3. The van der Waals surface area contributed by atoms with E-state index in [4.69, 9.17) is 0 Å². The van der Waals surface area contributed by atoms with Crippen LogP contribution in [0, 0.1) is 12.3 Å². The van der Waals surface area contributed by atoms with E-state index < -0.39 is 0 Å². The second-order valence-corrected chi connectivity index (χ2v) is 6.14. The first-order valence-electron chi connectivity index (χ1n) is 5.59. The zero-order valence-corrected chi connectivity index (χ0v) is 11.1. The molecule has 86 valence electrons. The first kappa shape index (κ1) is 12.7. The highest BCUT2D eigenvalue weighted by atomic mass is 32.1. The predicted octanol–water partition coefficient (Wildman–Crippen LogP) is 3.37. The Morgan fingerprint density at radius 3 is 2.67 bits per heavy atom. The lowest BCUT2D eigenvalue weighted by molar-refractivity contribution is 0.361. The molecule has 0 aliphatic heterocycles. The summed E-state index contributed by atoms with van der Waals surface area (Å²) in [4.78, 5) is 5.60. The smallest absolute Gasteiger partial charge is 0.0798 e. The maximum atomic E-state index is 4.23. The van der Waals surface area contributed by atoms with Gasteiger partial charge < -0.3 is 5.32 Å². The van der Waals surface area contributed by atoms with Gasteiger partial charge in [-0.3, -0.25) is 0 Å². The van der Waals surface area contributed by atoms with Crippen molar-refractivity contribution >= 4 is 11.3 Å². The van der Waals surface area contributed by atoms with Gasteiger partial charge in [0.1, 0.15) is 0 Å². The Kier molecular flexibility index (Phi) is 4.74. The van der Waals surface area contributed by atoms with Gasteiger partial charge in [0.25, 0.3) is 0 Å². The summed E-state index contributed by atoms with van der Waals surface area (Å²) >= 11 is 1.74. The lowest BCUT2D eigenvalue weighted by Gasteiger charge is -2.17. The fourth-order valence-corrected chi connectivity index (χ4v) is 2.19. The first-order valence-corrected chi connectivity index (χ1v) is 6.47. The van der Waals surface area contributed by atoms with Gasteiger partial charge >= 0.3 is 0 Å². The molecule has 0 fully saturated rings. The van der Waals surface area contributed by atoms with Gasteiger partial charge in [-0.1, -0.05) is 20.8 Å². The second-order valence-electron chi connectivity index (χ2n) is 5.20. The van der Waals surface area contributed by atoms with Gasteiger partial charge in [0.2, 0.25) is 0 Å². The molecule has 0 bridgehead atoms. The van der Waals surface area contributed by atoms with Crippen molar-refractivity contribution in [1.82, 2.24) is 10.3 Å². The molecular weight excluding hydrogens is 204 g/mol. The molecule has 0 aliphatic rings. The van der Waals surface area contributed by atoms with Crippen LogP contribution in [0.3, 0.4) is 0 Å². The standard InChI is InChI=1S/C12H22N2S/c1-10-11(15-9-14-10)8-13-7-5-6-12(2,3)4/h9,13H,5-8H2,1-4H3. The van der Waals surface area contributed by atoms with Crippen LogP contribution < -0.4 is 5.32 Å². The summed E-state index contributed by atoms with van der Waals surface area (Å²) in [5.41, 5.74) is 3.55. The third-order valence-electron chi connectivity index (χ3n) is 2.41. The van der Waals surface area contributed by atoms with Gasteiger partial charge in [-0.25, -0.2) is 4.98 Å². The molecule has 0 saturated carbocycles. The molecule has 3 heteroatoms. The van der Waals surface area contributed by atoms with E-state index in [1.54, 1.807) is 11.3 Å². The highest BCUT2D eigenvalue weighted by molar-refractivity contribution is 7.09. The average molecular weight is 226 g/mol. The summed E-state index contributed by atoms with van der Waals surface area (Å²) in [6.45, 7) is 11.0. The van der Waals surface area contributed by atoms with Gasteiger partial charge in [-0.2, -0.15) is 0 Å². The zero-order valence-electron chi connectivity index (χ0n) is 10.3. The van der Waals surface area contributed by atoms with E-state index in [1.165, 1.54) is 23.4 Å². The number of nitrogens with zero attached hydrogens (tertiary/aromatic N) is 1. The van der Waals surface area contributed by atoms with Crippen LogP contribution in [0.5, 0.6) is 0 Å². The molecule has 1 aromatic heterocycles. The van der Waals surface area contributed by atoms with Crippen LogP contribution in [-0.2, 0) is 6.54 Å². The molecular formula is C12H22N2S. The van der Waals surface area contributed by atoms with Gasteiger partial charge in [-0.05, 0) is 31.7 Å². The third-order valence-corrected chi connectivity index (χ3v) is 3.35. The van der Waals surface area contributed by atoms with Crippen molar-refractivity contribution in [1.29, 1.82) is 0 Å². The third kappa shape index (κ3) is 5.28. The fraction of sp³-hybridized carbons (Fsp3) is 0.750. The number of nitrogens with one attached hydrogen (secondary N) is 1. The second kappa shape index (κ2) is 5.61. The average Bonchev–Trinajstić information content (AvgIpc) is 2.49. The molecule has 1 rings (SSSR count). The molecule has 0 aliphatic carbocycles. The SMILES string of the molecule is Cc1ncsc1CNCCCC(C)(C)C. The number of aromatic nitrogens is 1. The van der Waals surface area contributed by atoms with Crippen LogP contribution >= 0.6 is 11.3 Å². The lowest BCUT2D eigenvalue weighted by atomic mass is 9.91. The maximum Gasteiger partial charge on any atom is 0.0798 e. The van der Waals surface area contributed by atoms with Crippen LogP contribution in [0.25, 0.3) is 0 Å². The van der Waals surface area contributed by atoms with Crippen LogP contribution in [0.4, 0.5) is 0 Å². The van der Waals surface area contributed by atoms with Crippen LogP contribution in [0.1, 0.15) is 44.2 Å². The molecule has 1 heterocycles. The van der Waals surface area contributed by atoms with Crippen molar-refractivity contribution in [2.45, 2.75) is 47.1 Å². The quantitative estimate of drug-likeness (QED) is 0.779. The minimum absolute atomic E-state index is 0.460. The van der Waals surface area contributed by atoms with Crippen LogP contribution in [0.15, 0.2) is 5.51 Å². The Bertz CT molecular complexity index is 286. The summed E-state index contributed by atoms with van der Waals surface area (Å²) in [7, 11) is 0. The molecule has 0 amide bonds. The monoisotopic (exact) mass is 226 g/mol. The molecule has 0 radical (unpaired) electrons. The Balaban J connectivity index is 2.10. The van der Waals surface area contributed by atoms with E-state index in [0.29, 0.717) is 5.41 Å². The topological polar surface area (TPSA) is 24.9 Å². The zero-order chi connectivity index (χ0) is 11.3. The molecule has 0 unspecified atom stereocenters. The van der Waals surface area contributed by atoms with E-state index in [1.807, 2.05) is 5.51 Å². The molecule has 15 heavy (non-hydrogen) atoms. The number of aryl methyl sites for hydroxylation is 1. The minimum Gasteiger partial charge on any atom is -0.312 e. The molecule has 0 aromatic carbocycles. The summed E-state index contributed by atoms with van der Waals surface area (Å²) in [5.74, 6) is 0. The summed E-state index contributed by atoms with van der Waals surface area (Å²) in [6, 6.07) is 0. The predicted molar refractivity (Wildman–Crippen MR) is 67.2 cm³/mol. The van der Waals surface area contributed by atoms with Gasteiger partial charge in [0, 0.05) is 11.4 Å². The van der Waals surface area contributed by atoms with Crippen LogP contribution in [-0.4, -0.2) is 11.5 Å². The van der Waals surface area contributed by atoms with Gasteiger partial charge in [0.05, 0.1) is 11.2 Å².